The van der Waals surface area contributed by atoms with Gasteiger partial charge in [0, 0.05) is 17.5 Å². The zero-order valence-corrected chi connectivity index (χ0v) is 15.7. The molecule has 11 heteroatoms. The van der Waals surface area contributed by atoms with E-state index in [1.165, 1.54) is 17.4 Å². The smallest absolute Gasteiger partial charge is 0.418 e. The summed E-state index contributed by atoms with van der Waals surface area (Å²) in [4.78, 5) is 35.1. The number of alkyl halides is 3. The van der Waals surface area contributed by atoms with E-state index in [2.05, 4.69) is 10.1 Å². The van der Waals surface area contributed by atoms with Gasteiger partial charge in [-0.05, 0) is 23.6 Å². The number of para-hydroxylation sites is 1. The van der Waals surface area contributed by atoms with Gasteiger partial charge in [0.2, 0.25) is 0 Å². The molecule has 2 N–H and O–H groups in total. The fourth-order valence-corrected chi connectivity index (χ4v) is 2.91. The number of amides is 2. The van der Waals surface area contributed by atoms with Crippen LogP contribution in [-0.4, -0.2) is 30.9 Å². The molecule has 2 aromatic rings. The van der Waals surface area contributed by atoms with E-state index in [-0.39, 0.29) is 23.9 Å². The van der Waals surface area contributed by atoms with Crippen molar-refractivity contribution >= 4 is 46.4 Å². The number of hydrogen-bond acceptors (Lipinski definition) is 5. The molecule has 0 aliphatic heterocycles. The Bertz CT molecular complexity index is 857. The third-order valence-electron chi connectivity index (χ3n) is 3.35. The summed E-state index contributed by atoms with van der Waals surface area (Å²) in [5, 5.41) is 7.56. The molecule has 1 aromatic carbocycles. The minimum absolute atomic E-state index is 0.0160. The first kappa shape index (κ1) is 21.7. The second-order valence-electron chi connectivity index (χ2n) is 5.39. The van der Waals surface area contributed by atoms with E-state index in [9.17, 15) is 27.6 Å². The Balaban J connectivity index is 1.80. The summed E-state index contributed by atoms with van der Waals surface area (Å²) >= 11 is 7.07. The first-order valence-corrected chi connectivity index (χ1v) is 9.12. The van der Waals surface area contributed by atoms with E-state index in [1.807, 2.05) is 5.32 Å². The Kier molecular flexibility index (Phi) is 7.41. The molecule has 2 amide bonds. The van der Waals surface area contributed by atoms with Gasteiger partial charge in [0.1, 0.15) is 0 Å². The maximum atomic E-state index is 13.0. The Morgan fingerprint density at radius 3 is 2.57 bits per heavy atom. The molecule has 28 heavy (non-hydrogen) atoms. The zero-order chi connectivity index (χ0) is 20.7. The highest BCUT2D eigenvalue weighted by Gasteiger charge is 2.34. The fourth-order valence-electron chi connectivity index (χ4n) is 2.05. The second-order valence-corrected chi connectivity index (χ2v) is 6.57. The van der Waals surface area contributed by atoms with Crippen LogP contribution in [0.15, 0.2) is 35.0 Å². The largest absolute Gasteiger partial charge is 0.456 e. The number of esters is 1. The molecule has 0 unspecified atom stereocenters. The lowest BCUT2D eigenvalue weighted by Gasteiger charge is -2.15. The van der Waals surface area contributed by atoms with Crippen LogP contribution in [0.5, 0.6) is 0 Å². The minimum atomic E-state index is -4.72. The van der Waals surface area contributed by atoms with Crippen LogP contribution in [0.3, 0.4) is 0 Å². The van der Waals surface area contributed by atoms with Crippen molar-refractivity contribution in [1.82, 2.24) is 5.32 Å². The van der Waals surface area contributed by atoms with Crippen molar-refractivity contribution in [2.45, 2.75) is 12.6 Å². The number of rotatable bonds is 7. The monoisotopic (exact) mass is 434 g/mol. The number of halogens is 4. The highest BCUT2D eigenvalue weighted by atomic mass is 35.5. The number of hydrogen-bond donors (Lipinski definition) is 2. The van der Waals surface area contributed by atoms with Crippen LogP contribution in [0.25, 0.3) is 0 Å². The van der Waals surface area contributed by atoms with Crippen LogP contribution in [0.4, 0.5) is 18.9 Å². The molecule has 0 bridgehead atoms. The number of benzene rings is 1. The average molecular weight is 435 g/mol. The van der Waals surface area contributed by atoms with E-state index < -0.39 is 35.9 Å². The highest BCUT2D eigenvalue weighted by Crippen LogP contribution is 2.38. The second kappa shape index (κ2) is 9.56. The number of nitrogens with one attached hydrogen (secondary N) is 2. The van der Waals surface area contributed by atoms with Gasteiger partial charge in [-0.3, -0.25) is 14.4 Å². The molecule has 1 heterocycles. The van der Waals surface area contributed by atoms with Gasteiger partial charge >= 0.3 is 12.1 Å². The van der Waals surface area contributed by atoms with Gasteiger partial charge in [-0.2, -0.15) is 24.5 Å². The summed E-state index contributed by atoms with van der Waals surface area (Å²) in [5.74, 6) is -2.13. The Morgan fingerprint density at radius 1 is 1.18 bits per heavy atom. The molecule has 0 spiro atoms. The predicted octanol–water partition coefficient (Wildman–Crippen LogP) is 3.72. The number of ether oxygens (including phenoxy) is 1. The predicted molar refractivity (Wildman–Crippen MR) is 97.3 cm³/mol. The third-order valence-corrected chi connectivity index (χ3v) is 4.34. The van der Waals surface area contributed by atoms with E-state index in [0.29, 0.717) is 5.56 Å². The standard InChI is InChI=1S/C17H14ClF3N2O4S/c18-12-3-1-2-11(17(19,20)21)15(12)23-13(24)8-27-14(25)4-6-22-16(26)10-5-7-28-9-10/h1-3,5,7,9H,4,6,8H2,(H,22,26)(H,23,24). The topological polar surface area (TPSA) is 84.5 Å². The molecule has 6 nitrogen and oxygen atoms in total. The van der Waals surface area contributed by atoms with Gasteiger partial charge < -0.3 is 15.4 Å². The van der Waals surface area contributed by atoms with Crippen LogP contribution < -0.4 is 10.6 Å². The van der Waals surface area contributed by atoms with Crippen LogP contribution in [0.1, 0.15) is 22.3 Å². The van der Waals surface area contributed by atoms with Gasteiger partial charge in [-0.25, -0.2) is 0 Å². The van der Waals surface area contributed by atoms with Crippen molar-refractivity contribution in [2.75, 3.05) is 18.5 Å². The fraction of sp³-hybridized carbons (Fsp3) is 0.235. The molecule has 0 radical (unpaired) electrons. The summed E-state index contributed by atoms with van der Waals surface area (Å²) in [6, 6.07) is 4.68. The van der Waals surface area contributed by atoms with Crippen LogP contribution >= 0.6 is 22.9 Å². The van der Waals surface area contributed by atoms with Gasteiger partial charge in [0.15, 0.2) is 6.61 Å². The molecule has 1 aromatic heterocycles. The van der Waals surface area contributed by atoms with Crippen LogP contribution in [-0.2, 0) is 20.5 Å². The average Bonchev–Trinajstić information content (AvgIpc) is 3.15. The quantitative estimate of drug-likeness (QED) is 0.650. The summed E-state index contributed by atoms with van der Waals surface area (Å²) in [5.41, 5.74) is -1.27. The molecule has 2 rings (SSSR count). The van der Waals surface area contributed by atoms with Crippen molar-refractivity contribution in [3.63, 3.8) is 0 Å². The molecular formula is C17H14ClF3N2O4S. The van der Waals surface area contributed by atoms with Crippen LogP contribution in [0, 0.1) is 0 Å². The normalized spacial score (nSPS) is 11.0. The number of thiophene rings is 1. The number of carbonyl (C=O) groups is 3. The van der Waals surface area contributed by atoms with Crippen molar-refractivity contribution in [2.24, 2.45) is 0 Å². The van der Waals surface area contributed by atoms with Crippen molar-refractivity contribution in [3.05, 3.63) is 51.2 Å². The molecule has 0 aliphatic rings. The lowest BCUT2D eigenvalue weighted by atomic mass is 10.1. The van der Waals surface area contributed by atoms with E-state index >= 15 is 0 Å². The molecule has 0 aliphatic carbocycles. The van der Waals surface area contributed by atoms with E-state index in [0.717, 1.165) is 12.1 Å². The first-order valence-electron chi connectivity index (χ1n) is 7.80. The van der Waals surface area contributed by atoms with E-state index in [1.54, 1.807) is 16.8 Å². The maximum Gasteiger partial charge on any atom is 0.418 e. The van der Waals surface area contributed by atoms with Crippen LogP contribution in [0.2, 0.25) is 5.02 Å². The van der Waals surface area contributed by atoms with Gasteiger partial charge in [0.05, 0.1) is 22.7 Å². The molecule has 0 saturated heterocycles. The van der Waals surface area contributed by atoms with Gasteiger partial charge in [-0.15, -0.1) is 0 Å². The third kappa shape index (κ3) is 6.24. The maximum absolute atomic E-state index is 13.0. The summed E-state index contributed by atoms with van der Waals surface area (Å²) < 4.78 is 43.6. The molecule has 0 atom stereocenters. The Labute approximate surface area is 166 Å². The highest BCUT2D eigenvalue weighted by molar-refractivity contribution is 7.08. The summed E-state index contributed by atoms with van der Waals surface area (Å²) in [7, 11) is 0. The summed E-state index contributed by atoms with van der Waals surface area (Å²) in [6.07, 6.45) is -4.92. The Morgan fingerprint density at radius 2 is 1.93 bits per heavy atom. The van der Waals surface area contributed by atoms with Gasteiger partial charge in [-0.1, -0.05) is 17.7 Å². The minimum Gasteiger partial charge on any atom is -0.456 e. The Hall–Kier alpha value is -2.59. The SMILES string of the molecule is O=C(COC(=O)CCNC(=O)c1ccsc1)Nc1c(Cl)cccc1C(F)(F)F. The van der Waals surface area contributed by atoms with Crippen molar-refractivity contribution in [3.8, 4) is 0 Å². The molecule has 0 saturated carbocycles. The lowest BCUT2D eigenvalue weighted by Crippen LogP contribution is -2.27. The number of anilines is 1. The molecule has 150 valence electrons. The number of carbonyl (C=O) groups excluding carboxylic acids is 3. The lowest BCUT2D eigenvalue weighted by molar-refractivity contribution is -0.147. The molecule has 0 fully saturated rings. The van der Waals surface area contributed by atoms with E-state index in [4.69, 9.17) is 11.6 Å². The zero-order valence-electron chi connectivity index (χ0n) is 14.1. The molecular weight excluding hydrogens is 421 g/mol. The van der Waals surface area contributed by atoms with Crippen molar-refractivity contribution < 1.29 is 32.3 Å². The van der Waals surface area contributed by atoms with Gasteiger partial charge in [0.25, 0.3) is 11.8 Å². The van der Waals surface area contributed by atoms with Crippen molar-refractivity contribution in [1.29, 1.82) is 0 Å². The first-order chi connectivity index (χ1) is 13.2. The summed E-state index contributed by atoms with van der Waals surface area (Å²) in [6.45, 7) is -0.808.